The molecule has 3 N–H and O–H groups in total. The lowest BCUT2D eigenvalue weighted by atomic mass is 9.88. The molecular weight excluding hydrogens is 335 g/mol. The smallest absolute Gasteiger partial charge is 0.354 e. The third-order valence-electron chi connectivity index (χ3n) is 3.59. The highest BCUT2D eigenvalue weighted by Crippen LogP contribution is 2.27. The molecule has 0 bridgehead atoms. The van der Waals surface area contributed by atoms with Crippen LogP contribution in [-0.2, 0) is 11.0 Å². The van der Waals surface area contributed by atoms with Gasteiger partial charge in [-0.15, -0.1) is 12.4 Å². The van der Waals surface area contributed by atoms with Crippen molar-refractivity contribution in [1.82, 2.24) is 20.6 Å². The number of aromatic nitrogens is 2. The van der Waals surface area contributed by atoms with Gasteiger partial charge in [0.2, 0.25) is 11.9 Å². The van der Waals surface area contributed by atoms with Crippen molar-refractivity contribution in [3.8, 4) is 0 Å². The number of hydrogen-bond acceptors (Lipinski definition) is 5. The fraction of sp³-hybridized carbons (Fsp3) is 0.615. The van der Waals surface area contributed by atoms with Crippen LogP contribution in [0.1, 0.15) is 12.6 Å². The molecule has 1 aliphatic rings. The quantitative estimate of drug-likeness (QED) is 0.672. The van der Waals surface area contributed by atoms with Gasteiger partial charge in [0.1, 0.15) is 5.69 Å². The number of nitrogens with zero attached hydrogens (tertiary/aromatic N) is 2. The molecule has 0 spiro atoms. The van der Waals surface area contributed by atoms with Crippen molar-refractivity contribution in [3.63, 3.8) is 0 Å². The molecule has 130 valence electrons. The molecule has 6 nitrogen and oxygen atoms in total. The van der Waals surface area contributed by atoms with Gasteiger partial charge in [-0.25, -0.2) is 9.97 Å². The summed E-state index contributed by atoms with van der Waals surface area (Å²) >= 11 is 0. The minimum absolute atomic E-state index is 0. The standard InChI is InChI=1S/C13H18F3N5O.ClH/c1-8(9-6-17-7-9)11(22)18-4-5-20-12-19-3-2-10(21-12)13(14,15)16;/h2-3,8-9,17H,4-7H2,1H3,(H,18,22)(H,19,20,21);1H. The lowest BCUT2D eigenvalue weighted by molar-refractivity contribution is -0.141. The molecule has 1 aliphatic heterocycles. The Morgan fingerprint density at radius 1 is 1.43 bits per heavy atom. The number of carbonyl (C=O) groups excluding carboxylic acids is 1. The van der Waals surface area contributed by atoms with Crippen LogP contribution in [0, 0.1) is 11.8 Å². The fourth-order valence-electron chi connectivity index (χ4n) is 2.00. The predicted octanol–water partition coefficient (Wildman–Crippen LogP) is 1.30. The molecule has 1 unspecified atom stereocenters. The number of halogens is 4. The van der Waals surface area contributed by atoms with E-state index >= 15 is 0 Å². The van der Waals surface area contributed by atoms with Gasteiger partial charge in [-0.1, -0.05) is 6.92 Å². The number of rotatable bonds is 6. The molecule has 1 fully saturated rings. The molecule has 0 aromatic carbocycles. The third kappa shape index (κ3) is 5.51. The summed E-state index contributed by atoms with van der Waals surface area (Å²) in [5.41, 5.74) is -1.000. The second kappa shape index (κ2) is 8.30. The normalized spacial score (nSPS) is 16.0. The number of hydrogen-bond donors (Lipinski definition) is 3. The van der Waals surface area contributed by atoms with Crippen molar-refractivity contribution >= 4 is 24.3 Å². The molecule has 10 heteroatoms. The van der Waals surface area contributed by atoms with Crippen LogP contribution in [0.4, 0.5) is 19.1 Å². The van der Waals surface area contributed by atoms with Crippen molar-refractivity contribution < 1.29 is 18.0 Å². The van der Waals surface area contributed by atoms with E-state index in [9.17, 15) is 18.0 Å². The first-order valence-electron chi connectivity index (χ1n) is 7.00. The Balaban J connectivity index is 0.00000264. The zero-order chi connectivity index (χ0) is 16.2. The van der Waals surface area contributed by atoms with Crippen LogP contribution in [0.15, 0.2) is 12.3 Å². The molecule has 0 saturated carbocycles. The largest absolute Gasteiger partial charge is 0.433 e. The zero-order valence-electron chi connectivity index (χ0n) is 12.5. The van der Waals surface area contributed by atoms with Crippen molar-refractivity contribution in [2.75, 3.05) is 31.5 Å². The van der Waals surface area contributed by atoms with Crippen LogP contribution >= 0.6 is 12.4 Å². The zero-order valence-corrected chi connectivity index (χ0v) is 13.3. The van der Waals surface area contributed by atoms with E-state index in [0.717, 1.165) is 25.4 Å². The fourth-order valence-corrected chi connectivity index (χ4v) is 2.00. The maximum Gasteiger partial charge on any atom is 0.433 e. The van der Waals surface area contributed by atoms with E-state index in [-0.39, 0.29) is 36.7 Å². The molecule has 1 amide bonds. The lowest BCUT2D eigenvalue weighted by Gasteiger charge is -2.31. The summed E-state index contributed by atoms with van der Waals surface area (Å²) < 4.78 is 37.5. The Morgan fingerprint density at radius 3 is 2.70 bits per heavy atom. The van der Waals surface area contributed by atoms with E-state index in [1.807, 2.05) is 6.92 Å². The molecule has 1 aromatic heterocycles. The van der Waals surface area contributed by atoms with Crippen molar-refractivity contribution in [2.24, 2.45) is 11.8 Å². The van der Waals surface area contributed by atoms with Gasteiger partial charge in [-0.3, -0.25) is 4.79 Å². The van der Waals surface area contributed by atoms with Gasteiger partial charge in [-0.2, -0.15) is 13.2 Å². The molecule has 1 saturated heterocycles. The van der Waals surface area contributed by atoms with E-state index < -0.39 is 11.9 Å². The Hall–Kier alpha value is -1.61. The Labute approximate surface area is 138 Å². The summed E-state index contributed by atoms with van der Waals surface area (Å²) in [6.45, 7) is 4.09. The van der Waals surface area contributed by atoms with Crippen LogP contribution in [-0.4, -0.2) is 42.1 Å². The third-order valence-corrected chi connectivity index (χ3v) is 3.59. The maximum absolute atomic E-state index is 12.5. The van der Waals surface area contributed by atoms with E-state index in [0.29, 0.717) is 12.5 Å². The highest BCUT2D eigenvalue weighted by Gasteiger charge is 2.32. The minimum Gasteiger partial charge on any atom is -0.354 e. The molecule has 0 radical (unpaired) electrons. The summed E-state index contributed by atoms with van der Waals surface area (Å²) in [6.07, 6.45) is -3.46. The summed E-state index contributed by atoms with van der Waals surface area (Å²) in [7, 11) is 0. The first kappa shape index (κ1) is 19.4. The molecule has 0 aliphatic carbocycles. The number of alkyl halides is 3. The highest BCUT2D eigenvalue weighted by atomic mass is 35.5. The van der Waals surface area contributed by atoms with Gasteiger partial charge in [0.15, 0.2) is 0 Å². The van der Waals surface area contributed by atoms with Crippen molar-refractivity contribution in [1.29, 1.82) is 0 Å². The second-order valence-corrected chi connectivity index (χ2v) is 5.19. The number of carbonyl (C=O) groups is 1. The summed E-state index contributed by atoms with van der Waals surface area (Å²) in [4.78, 5) is 18.9. The van der Waals surface area contributed by atoms with Gasteiger partial charge in [0.25, 0.3) is 0 Å². The monoisotopic (exact) mass is 353 g/mol. The molecular formula is C13H19ClF3N5O. The van der Waals surface area contributed by atoms with Crippen LogP contribution in [0.2, 0.25) is 0 Å². The number of amides is 1. The van der Waals surface area contributed by atoms with Gasteiger partial charge in [0, 0.05) is 25.2 Å². The van der Waals surface area contributed by atoms with Crippen LogP contribution < -0.4 is 16.0 Å². The maximum atomic E-state index is 12.5. The second-order valence-electron chi connectivity index (χ2n) is 5.19. The number of anilines is 1. The van der Waals surface area contributed by atoms with Crippen LogP contribution in [0.5, 0.6) is 0 Å². The average molecular weight is 354 g/mol. The van der Waals surface area contributed by atoms with E-state index in [1.54, 1.807) is 0 Å². The molecule has 2 rings (SSSR count). The minimum atomic E-state index is -4.50. The Bertz CT molecular complexity index is 525. The summed E-state index contributed by atoms with van der Waals surface area (Å²) in [5, 5.41) is 8.50. The summed E-state index contributed by atoms with van der Waals surface area (Å²) in [5.74, 6) is 0.101. The van der Waals surface area contributed by atoms with E-state index in [4.69, 9.17) is 0 Å². The molecule has 23 heavy (non-hydrogen) atoms. The Kier molecular flexibility index (Phi) is 7.01. The van der Waals surface area contributed by atoms with Crippen molar-refractivity contribution in [2.45, 2.75) is 13.1 Å². The first-order chi connectivity index (χ1) is 10.4. The Morgan fingerprint density at radius 2 is 2.13 bits per heavy atom. The van der Waals surface area contributed by atoms with Crippen LogP contribution in [0.25, 0.3) is 0 Å². The number of nitrogens with one attached hydrogen (secondary N) is 3. The van der Waals surface area contributed by atoms with Gasteiger partial charge in [-0.05, 0) is 25.1 Å². The van der Waals surface area contributed by atoms with Gasteiger partial charge >= 0.3 is 6.18 Å². The molecule has 1 atom stereocenters. The van der Waals surface area contributed by atoms with Crippen LogP contribution in [0.3, 0.4) is 0 Å². The lowest BCUT2D eigenvalue weighted by Crippen LogP contribution is -2.50. The van der Waals surface area contributed by atoms with E-state index in [2.05, 4.69) is 25.9 Å². The first-order valence-corrected chi connectivity index (χ1v) is 7.00. The topological polar surface area (TPSA) is 78.9 Å². The average Bonchev–Trinajstić information content (AvgIpc) is 2.41. The van der Waals surface area contributed by atoms with Gasteiger partial charge < -0.3 is 16.0 Å². The van der Waals surface area contributed by atoms with E-state index in [1.165, 1.54) is 0 Å². The molecule has 1 aromatic rings. The SMILES string of the molecule is CC(C(=O)NCCNc1nccc(C(F)(F)F)n1)C1CNC1.Cl. The van der Waals surface area contributed by atoms with Crippen molar-refractivity contribution in [3.05, 3.63) is 18.0 Å². The van der Waals surface area contributed by atoms with Gasteiger partial charge in [0.05, 0.1) is 0 Å². The highest BCUT2D eigenvalue weighted by molar-refractivity contribution is 5.85. The predicted molar refractivity (Wildman–Crippen MR) is 81.3 cm³/mol. The summed E-state index contributed by atoms with van der Waals surface area (Å²) in [6, 6.07) is 0.807. The molecule has 2 heterocycles.